The van der Waals surface area contributed by atoms with Gasteiger partial charge in [0.2, 0.25) is 0 Å². The van der Waals surface area contributed by atoms with Crippen LogP contribution in [0, 0.1) is 11.7 Å². The second-order valence-corrected chi connectivity index (χ2v) is 7.38. The Hall–Kier alpha value is -0.810. The minimum atomic E-state index is -4.00. The summed E-state index contributed by atoms with van der Waals surface area (Å²) in [6.45, 7) is 0.449. The van der Waals surface area contributed by atoms with E-state index in [1.165, 1.54) is 31.4 Å². The van der Waals surface area contributed by atoms with E-state index in [2.05, 4.69) is 0 Å². The largest absolute Gasteiger partial charge is 0.492 e. The molecule has 0 N–H and O–H groups in total. The van der Waals surface area contributed by atoms with Gasteiger partial charge in [-0.3, -0.25) is 0 Å². The standard InChI is InChI=1S/C13H16ClFO3S/c14-19(16,17)13-8-11(15)6-7-12(13)18-9-10-4-2-1-3-5-10/h6-8,10H,1-5,9H2. The molecule has 0 saturated heterocycles. The van der Waals surface area contributed by atoms with Crippen molar-refractivity contribution in [3.8, 4) is 5.75 Å². The van der Waals surface area contributed by atoms with E-state index < -0.39 is 14.9 Å². The molecule has 1 aromatic rings. The van der Waals surface area contributed by atoms with Gasteiger partial charge in [-0.15, -0.1) is 0 Å². The summed E-state index contributed by atoms with van der Waals surface area (Å²) >= 11 is 0. The first-order chi connectivity index (χ1) is 8.97. The summed E-state index contributed by atoms with van der Waals surface area (Å²) < 4.78 is 41.4. The molecule has 0 atom stereocenters. The Bertz CT molecular complexity index is 539. The predicted molar refractivity (Wildman–Crippen MR) is 71.5 cm³/mol. The molecule has 0 spiro atoms. The van der Waals surface area contributed by atoms with Crippen molar-refractivity contribution in [3.63, 3.8) is 0 Å². The third-order valence-corrected chi connectivity index (χ3v) is 4.71. The molecule has 106 valence electrons. The molecule has 0 amide bonds. The lowest BCUT2D eigenvalue weighted by atomic mass is 9.90. The SMILES string of the molecule is O=S(=O)(Cl)c1cc(F)ccc1OCC1CCCCC1. The summed E-state index contributed by atoms with van der Waals surface area (Å²) in [6, 6.07) is 3.37. The lowest BCUT2D eigenvalue weighted by Crippen LogP contribution is -2.16. The van der Waals surface area contributed by atoms with E-state index in [1.54, 1.807) is 0 Å². The lowest BCUT2D eigenvalue weighted by Gasteiger charge is -2.22. The molecule has 0 aliphatic heterocycles. The van der Waals surface area contributed by atoms with Crippen LogP contribution in [0.25, 0.3) is 0 Å². The molecule has 0 bridgehead atoms. The van der Waals surface area contributed by atoms with Crippen LogP contribution in [0.5, 0.6) is 5.75 Å². The van der Waals surface area contributed by atoms with E-state index in [1.807, 2.05) is 0 Å². The molecular weight excluding hydrogens is 291 g/mol. The topological polar surface area (TPSA) is 43.4 Å². The second kappa shape index (κ2) is 6.09. The number of ether oxygens (including phenoxy) is 1. The average Bonchev–Trinajstić information content (AvgIpc) is 2.37. The molecule has 0 unspecified atom stereocenters. The van der Waals surface area contributed by atoms with Crippen LogP contribution in [0.4, 0.5) is 4.39 Å². The van der Waals surface area contributed by atoms with Crippen molar-refractivity contribution in [3.05, 3.63) is 24.0 Å². The molecule has 0 aromatic heterocycles. The van der Waals surface area contributed by atoms with Gasteiger partial charge in [-0.25, -0.2) is 12.8 Å². The Labute approximate surface area is 117 Å². The summed E-state index contributed by atoms with van der Waals surface area (Å²) in [5, 5.41) is 0. The van der Waals surface area contributed by atoms with Crippen LogP contribution in [0.15, 0.2) is 23.1 Å². The van der Waals surface area contributed by atoms with Gasteiger partial charge in [0.15, 0.2) is 0 Å². The van der Waals surface area contributed by atoms with Crippen molar-refractivity contribution in [1.82, 2.24) is 0 Å². The molecule has 1 aromatic carbocycles. The summed E-state index contributed by atoms with van der Waals surface area (Å²) in [4.78, 5) is -0.301. The summed E-state index contributed by atoms with van der Waals surface area (Å²) in [6.07, 6.45) is 5.78. The van der Waals surface area contributed by atoms with E-state index in [-0.39, 0.29) is 10.6 Å². The Morgan fingerprint density at radius 1 is 1.26 bits per heavy atom. The Morgan fingerprint density at radius 3 is 2.58 bits per heavy atom. The van der Waals surface area contributed by atoms with Crippen molar-refractivity contribution in [2.45, 2.75) is 37.0 Å². The molecule has 19 heavy (non-hydrogen) atoms. The molecule has 1 aliphatic carbocycles. The molecule has 0 heterocycles. The van der Waals surface area contributed by atoms with Gasteiger partial charge in [0.25, 0.3) is 9.05 Å². The summed E-state index contributed by atoms with van der Waals surface area (Å²) in [7, 11) is 1.28. The van der Waals surface area contributed by atoms with Gasteiger partial charge in [0.1, 0.15) is 16.5 Å². The van der Waals surface area contributed by atoms with Gasteiger partial charge in [-0.05, 0) is 37.0 Å². The van der Waals surface area contributed by atoms with Gasteiger partial charge in [0.05, 0.1) is 6.61 Å². The normalized spacial score (nSPS) is 17.4. The van der Waals surface area contributed by atoms with Crippen LogP contribution in [0.2, 0.25) is 0 Å². The first-order valence-electron chi connectivity index (χ1n) is 6.34. The molecule has 1 aliphatic rings. The van der Waals surface area contributed by atoms with Gasteiger partial charge < -0.3 is 4.74 Å². The van der Waals surface area contributed by atoms with E-state index >= 15 is 0 Å². The molecule has 2 rings (SSSR count). The molecule has 0 radical (unpaired) electrons. The molecular formula is C13H16ClFO3S. The van der Waals surface area contributed by atoms with E-state index in [0.29, 0.717) is 12.5 Å². The fraction of sp³-hybridized carbons (Fsp3) is 0.538. The maximum Gasteiger partial charge on any atom is 0.265 e. The molecule has 3 nitrogen and oxygen atoms in total. The first kappa shape index (κ1) is 14.6. The Balaban J connectivity index is 2.11. The zero-order chi connectivity index (χ0) is 13.9. The van der Waals surface area contributed by atoms with Crippen molar-refractivity contribution >= 4 is 19.7 Å². The second-order valence-electron chi connectivity index (χ2n) is 4.84. The summed E-state index contributed by atoms with van der Waals surface area (Å²) in [5.41, 5.74) is 0. The van der Waals surface area contributed by atoms with Crippen LogP contribution in [0.1, 0.15) is 32.1 Å². The first-order valence-corrected chi connectivity index (χ1v) is 8.65. The fourth-order valence-corrected chi connectivity index (χ4v) is 3.34. The summed E-state index contributed by atoms with van der Waals surface area (Å²) in [5.74, 6) is -0.0871. The molecule has 1 fully saturated rings. The third kappa shape index (κ3) is 4.08. The lowest BCUT2D eigenvalue weighted by molar-refractivity contribution is 0.205. The van der Waals surface area contributed by atoms with E-state index in [4.69, 9.17) is 15.4 Å². The maximum absolute atomic E-state index is 13.1. The van der Waals surface area contributed by atoms with E-state index in [0.717, 1.165) is 18.9 Å². The average molecular weight is 307 g/mol. The van der Waals surface area contributed by atoms with Crippen LogP contribution in [-0.4, -0.2) is 15.0 Å². The fourth-order valence-electron chi connectivity index (χ4n) is 2.35. The maximum atomic E-state index is 13.1. The third-order valence-electron chi connectivity index (χ3n) is 3.37. The van der Waals surface area contributed by atoms with Crippen molar-refractivity contribution < 1.29 is 17.5 Å². The van der Waals surface area contributed by atoms with Crippen LogP contribution < -0.4 is 4.74 Å². The highest BCUT2D eigenvalue weighted by Crippen LogP contribution is 2.30. The highest BCUT2D eigenvalue weighted by Gasteiger charge is 2.20. The van der Waals surface area contributed by atoms with Crippen molar-refractivity contribution in [2.75, 3.05) is 6.61 Å². The Morgan fingerprint density at radius 2 is 1.95 bits per heavy atom. The number of hydrogen-bond acceptors (Lipinski definition) is 3. The highest BCUT2D eigenvalue weighted by molar-refractivity contribution is 8.13. The molecule has 6 heteroatoms. The van der Waals surface area contributed by atoms with Gasteiger partial charge in [-0.1, -0.05) is 19.3 Å². The van der Waals surface area contributed by atoms with Crippen LogP contribution in [-0.2, 0) is 9.05 Å². The monoisotopic (exact) mass is 306 g/mol. The van der Waals surface area contributed by atoms with Crippen LogP contribution in [0.3, 0.4) is 0 Å². The van der Waals surface area contributed by atoms with Crippen LogP contribution >= 0.6 is 10.7 Å². The quantitative estimate of drug-likeness (QED) is 0.796. The number of benzene rings is 1. The van der Waals surface area contributed by atoms with Gasteiger partial charge in [0, 0.05) is 10.7 Å². The Kier molecular flexibility index (Phi) is 4.68. The van der Waals surface area contributed by atoms with Gasteiger partial charge in [-0.2, -0.15) is 0 Å². The molecule has 1 saturated carbocycles. The smallest absolute Gasteiger partial charge is 0.265 e. The number of hydrogen-bond donors (Lipinski definition) is 0. The number of halogens is 2. The van der Waals surface area contributed by atoms with Crippen molar-refractivity contribution in [1.29, 1.82) is 0 Å². The minimum Gasteiger partial charge on any atom is -0.492 e. The highest BCUT2D eigenvalue weighted by atomic mass is 35.7. The number of rotatable bonds is 4. The predicted octanol–water partition coefficient (Wildman–Crippen LogP) is 3.71. The zero-order valence-electron chi connectivity index (χ0n) is 10.4. The van der Waals surface area contributed by atoms with E-state index in [9.17, 15) is 12.8 Å². The zero-order valence-corrected chi connectivity index (χ0v) is 12.0. The van der Waals surface area contributed by atoms with Gasteiger partial charge >= 0.3 is 0 Å². The minimum absolute atomic E-state index is 0.127. The van der Waals surface area contributed by atoms with Crippen molar-refractivity contribution in [2.24, 2.45) is 5.92 Å².